The van der Waals surface area contributed by atoms with E-state index in [0.29, 0.717) is 28.6 Å². The number of benzene rings is 1. The number of aliphatic hydroxyl groups excluding tert-OH is 1. The zero-order chi connectivity index (χ0) is 18.0. The Labute approximate surface area is 159 Å². The van der Waals surface area contributed by atoms with Crippen LogP contribution >= 0.6 is 35.0 Å². The number of urea groups is 1. The van der Waals surface area contributed by atoms with Gasteiger partial charge in [0.1, 0.15) is 24.0 Å². The molecule has 0 saturated carbocycles. The Morgan fingerprint density at radius 1 is 1.32 bits per heavy atom. The third-order valence-electron chi connectivity index (χ3n) is 4.31. The summed E-state index contributed by atoms with van der Waals surface area (Å²) in [5.41, 5.74) is -0.803. The fraction of sp³-hybridized carbons (Fsp3) is 0.500. The summed E-state index contributed by atoms with van der Waals surface area (Å²) in [4.78, 5) is 25.9. The lowest BCUT2D eigenvalue weighted by molar-refractivity contribution is -0.132. The van der Waals surface area contributed by atoms with E-state index >= 15 is 0 Å². The number of imide groups is 1. The Bertz CT molecular complexity index is 682. The first-order valence-corrected chi connectivity index (χ1v) is 9.80. The molecule has 25 heavy (non-hydrogen) atoms. The quantitative estimate of drug-likeness (QED) is 0.737. The topological polar surface area (TPSA) is 78.9 Å². The van der Waals surface area contributed by atoms with Crippen LogP contribution in [0.25, 0.3) is 0 Å². The lowest BCUT2D eigenvalue weighted by Gasteiger charge is -2.30. The van der Waals surface area contributed by atoms with Gasteiger partial charge in [-0.1, -0.05) is 23.2 Å². The Morgan fingerprint density at radius 3 is 2.72 bits per heavy atom. The third-order valence-corrected chi connectivity index (χ3v) is 5.83. The molecule has 6 nitrogen and oxygen atoms in total. The van der Waals surface area contributed by atoms with Gasteiger partial charge in [0.25, 0.3) is 5.91 Å². The molecule has 2 aliphatic heterocycles. The van der Waals surface area contributed by atoms with Crippen molar-refractivity contribution >= 4 is 46.9 Å². The van der Waals surface area contributed by atoms with Crippen LogP contribution in [0, 0.1) is 0 Å². The number of amides is 3. The van der Waals surface area contributed by atoms with Crippen molar-refractivity contribution in [2.75, 3.05) is 24.7 Å². The summed E-state index contributed by atoms with van der Waals surface area (Å²) in [6, 6.07) is 4.30. The van der Waals surface area contributed by atoms with Gasteiger partial charge in [0.05, 0.1) is 11.6 Å². The zero-order valence-corrected chi connectivity index (χ0v) is 15.7. The number of hydrogen-bond donors (Lipinski definition) is 2. The zero-order valence-electron chi connectivity index (χ0n) is 13.3. The summed E-state index contributed by atoms with van der Waals surface area (Å²) in [7, 11) is 0. The Hall–Kier alpha value is -1.15. The van der Waals surface area contributed by atoms with Gasteiger partial charge >= 0.3 is 6.03 Å². The summed E-state index contributed by atoms with van der Waals surface area (Å²) in [6.07, 6.45) is 0.215. The number of carbonyl (C=O) groups excluding carboxylic acids is 2. The number of thioether (sulfide) groups is 1. The number of halogens is 2. The van der Waals surface area contributed by atoms with E-state index in [2.05, 4.69) is 5.32 Å². The van der Waals surface area contributed by atoms with E-state index in [1.165, 1.54) is 6.07 Å². The van der Waals surface area contributed by atoms with Gasteiger partial charge in [0.15, 0.2) is 0 Å². The van der Waals surface area contributed by atoms with Crippen molar-refractivity contribution in [3.8, 4) is 5.75 Å². The van der Waals surface area contributed by atoms with E-state index in [1.54, 1.807) is 23.9 Å². The molecule has 0 radical (unpaired) electrons. The highest BCUT2D eigenvalue weighted by molar-refractivity contribution is 7.99. The van der Waals surface area contributed by atoms with Gasteiger partial charge in [0.2, 0.25) is 0 Å². The second-order valence-electron chi connectivity index (χ2n) is 6.08. The number of aliphatic hydroxyl groups is 1. The standard InChI is InChI=1S/C16H18Cl2N2O4S/c17-10-1-2-13(12(18)7-10)24-9-11(21)8-20-14(22)16(19-15(20)23)3-5-25-6-4-16/h1-2,7,11,21H,3-6,8-9H2,(H,19,23). The number of nitrogens with one attached hydrogen (secondary N) is 1. The van der Waals surface area contributed by atoms with Gasteiger partial charge in [0, 0.05) is 5.02 Å². The lowest BCUT2D eigenvalue weighted by atomic mass is 9.92. The first-order chi connectivity index (χ1) is 11.9. The third kappa shape index (κ3) is 4.00. The highest BCUT2D eigenvalue weighted by Crippen LogP contribution is 2.33. The van der Waals surface area contributed by atoms with Crippen LogP contribution in [0.3, 0.4) is 0 Å². The van der Waals surface area contributed by atoms with Gasteiger partial charge in [-0.2, -0.15) is 11.8 Å². The monoisotopic (exact) mass is 404 g/mol. The predicted molar refractivity (Wildman–Crippen MR) is 97.5 cm³/mol. The van der Waals surface area contributed by atoms with Crippen LogP contribution in [-0.2, 0) is 4.79 Å². The second kappa shape index (κ2) is 7.61. The number of β-amino-alcohol motifs (C(OH)–C–C–N with tert-alkyl or cyclic N) is 1. The van der Waals surface area contributed by atoms with Crippen molar-refractivity contribution in [1.82, 2.24) is 10.2 Å². The largest absolute Gasteiger partial charge is 0.489 e. The minimum absolute atomic E-state index is 0.0960. The van der Waals surface area contributed by atoms with Gasteiger partial charge in [-0.25, -0.2) is 4.79 Å². The molecule has 3 amide bonds. The SMILES string of the molecule is O=C1NC2(CCSCC2)C(=O)N1CC(O)COc1ccc(Cl)cc1Cl. The van der Waals surface area contributed by atoms with E-state index in [-0.39, 0.29) is 19.1 Å². The molecule has 2 fully saturated rings. The van der Waals surface area contributed by atoms with Crippen molar-refractivity contribution < 1.29 is 19.4 Å². The number of ether oxygens (including phenoxy) is 1. The molecule has 0 aromatic heterocycles. The number of nitrogens with zero attached hydrogens (tertiary/aromatic N) is 1. The molecule has 0 bridgehead atoms. The average Bonchev–Trinajstić information content (AvgIpc) is 2.79. The fourth-order valence-electron chi connectivity index (χ4n) is 2.94. The molecule has 1 atom stereocenters. The van der Waals surface area contributed by atoms with E-state index in [1.807, 2.05) is 0 Å². The number of rotatable bonds is 5. The number of carbonyl (C=O) groups is 2. The van der Waals surface area contributed by atoms with Gasteiger partial charge in [-0.15, -0.1) is 0 Å². The van der Waals surface area contributed by atoms with Crippen LogP contribution in [-0.4, -0.2) is 58.2 Å². The van der Waals surface area contributed by atoms with Crippen molar-refractivity contribution in [3.05, 3.63) is 28.2 Å². The maximum Gasteiger partial charge on any atom is 0.325 e. The molecular weight excluding hydrogens is 387 g/mol. The molecule has 0 aliphatic carbocycles. The van der Waals surface area contributed by atoms with Crippen LogP contribution in [0.5, 0.6) is 5.75 Å². The summed E-state index contributed by atoms with van der Waals surface area (Å²) >= 11 is 13.6. The summed E-state index contributed by atoms with van der Waals surface area (Å²) in [5.74, 6) is 1.78. The Balaban J connectivity index is 1.58. The maximum atomic E-state index is 12.6. The molecule has 9 heteroatoms. The van der Waals surface area contributed by atoms with Crippen LogP contribution in [0.15, 0.2) is 18.2 Å². The van der Waals surface area contributed by atoms with Gasteiger partial charge in [-0.05, 0) is 42.5 Å². The van der Waals surface area contributed by atoms with Crippen LogP contribution in [0.4, 0.5) is 4.79 Å². The molecule has 2 saturated heterocycles. The second-order valence-corrected chi connectivity index (χ2v) is 8.15. The van der Waals surface area contributed by atoms with E-state index in [9.17, 15) is 14.7 Å². The summed E-state index contributed by atoms with van der Waals surface area (Å²) in [6.45, 7) is -0.216. The van der Waals surface area contributed by atoms with Crippen molar-refractivity contribution in [2.24, 2.45) is 0 Å². The molecule has 2 heterocycles. The van der Waals surface area contributed by atoms with Crippen molar-refractivity contribution in [1.29, 1.82) is 0 Å². The van der Waals surface area contributed by atoms with Gasteiger partial charge < -0.3 is 15.2 Å². The molecule has 136 valence electrons. The molecule has 1 unspecified atom stereocenters. The van der Waals surface area contributed by atoms with Crippen LogP contribution < -0.4 is 10.1 Å². The lowest BCUT2D eigenvalue weighted by Crippen LogP contribution is -2.50. The number of hydrogen-bond acceptors (Lipinski definition) is 5. The normalized spacial score (nSPS) is 20.7. The minimum Gasteiger partial charge on any atom is -0.489 e. The molecule has 3 rings (SSSR count). The first-order valence-electron chi connectivity index (χ1n) is 7.89. The van der Waals surface area contributed by atoms with E-state index < -0.39 is 17.7 Å². The van der Waals surface area contributed by atoms with Crippen LogP contribution in [0.2, 0.25) is 10.0 Å². The van der Waals surface area contributed by atoms with E-state index in [4.69, 9.17) is 27.9 Å². The molecule has 1 aromatic carbocycles. The Morgan fingerprint density at radius 2 is 2.04 bits per heavy atom. The van der Waals surface area contributed by atoms with Crippen molar-refractivity contribution in [3.63, 3.8) is 0 Å². The van der Waals surface area contributed by atoms with Crippen LogP contribution in [0.1, 0.15) is 12.8 Å². The maximum absolute atomic E-state index is 12.6. The molecule has 1 aromatic rings. The highest BCUT2D eigenvalue weighted by atomic mass is 35.5. The first kappa shape index (κ1) is 18.6. The smallest absolute Gasteiger partial charge is 0.325 e. The molecule has 1 spiro atoms. The fourth-order valence-corrected chi connectivity index (χ4v) is 4.60. The molecule has 2 N–H and O–H groups in total. The Kier molecular flexibility index (Phi) is 5.68. The molecular formula is C16H18Cl2N2O4S. The molecule has 2 aliphatic rings. The predicted octanol–water partition coefficient (Wildman–Crippen LogP) is 2.55. The van der Waals surface area contributed by atoms with E-state index in [0.717, 1.165) is 16.4 Å². The van der Waals surface area contributed by atoms with Crippen molar-refractivity contribution in [2.45, 2.75) is 24.5 Å². The average molecular weight is 405 g/mol. The minimum atomic E-state index is -1.02. The summed E-state index contributed by atoms with van der Waals surface area (Å²) < 4.78 is 5.46. The van der Waals surface area contributed by atoms with Gasteiger partial charge in [-0.3, -0.25) is 9.69 Å². The highest BCUT2D eigenvalue weighted by Gasteiger charge is 2.51. The summed E-state index contributed by atoms with van der Waals surface area (Å²) in [5, 5.41) is 13.8.